The van der Waals surface area contributed by atoms with Gasteiger partial charge >= 0.3 is 0 Å². The van der Waals surface area contributed by atoms with Crippen LogP contribution in [0.25, 0.3) is 11.0 Å². The van der Waals surface area contributed by atoms with Crippen molar-refractivity contribution < 1.29 is 4.79 Å². The number of fused-ring (bicyclic) bond motifs is 1. The van der Waals surface area contributed by atoms with E-state index in [1.54, 1.807) is 6.92 Å². The number of hydrogen-bond donors (Lipinski definition) is 3. The molecule has 0 aliphatic rings. The van der Waals surface area contributed by atoms with E-state index in [9.17, 15) is 4.79 Å². The normalized spacial score (nSPS) is 11.9. The maximum atomic E-state index is 11.6. The second kappa shape index (κ2) is 5.65. The molecule has 0 aliphatic heterocycles. The number of halogens is 1. The molecule has 2 rings (SSSR count). The lowest BCUT2D eigenvalue weighted by molar-refractivity contribution is -0.119. The minimum Gasteiger partial charge on any atom is -0.330 e. The van der Waals surface area contributed by atoms with E-state index in [2.05, 4.69) is 15.3 Å². The Morgan fingerprint density at radius 1 is 1.53 bits per heavy atom. The number of amides is 1. The van der Waals surface area contributed by atoms with Crippen LogP contribution in [0, 0.1) is 5.92 Å². The SMILES string of the molecule is CC(CN)C(=O)Nc1nc2ccccc2[nH]1.Cl. The van der Waals surface area contributed by atoms with Crippen LogP contribution in [0.4, 0.5) is 5.95 Å². The number of benzene rings is 1. The summed E-state index contributed by atoms with van der Waals surface area (Å²) in [6, 6.07) is 7.60. The molecule has 4 N–H and O–H groups in total. The molecule has 1 unspecified atom stereocenters. The molecule has 0 radical (unpaired) electrons. The third kappa shape index (κ3) is 2.95. The van der Waals surface area contributed by atoms with Crippen molar-refractivity contribution in [2.75, 3.05) is 11.9 Å². The lowest BCUT2D eigenvalue weighted by Crippen LogP contribution is -2.27. The summed E-state index contributed by atoms with van der Waals surface area (Å²) in [7, 11) is 0. The van der Waals surface area contributed by atoms with Crippen LogP contribution < -0.4 is 11.1 Å². The fourth-order valence-corrected chi connectivity index (χ4v) is 1.36. The average Bonchev–Trinajstić information content (AvgIpc) is 2.69. The number of nitrogens with one attached hydrogen (secondary N) is 2. The quantitative estimate of drug-likeness (QED) is 0.776. The number of aromatic nitrogens is 2. The molecule has 1 aromatic carbocycles. The molecule has 0 saturated carbocycles. The summed E-state index contributed by atoms with van der Waals surface area (Å²) in [6.07, 6.45) is 0. The number of nitrogens with two attached hydrogens (primary N) is 1. The number of carbonyl (C=O) groups is 1. The smallest absolute Gasteiger partial charge is 0.230 e. The summed E-state index contributed by atoms with van der Waals surface area (Å²) in [4.78, 5) is 18.8. The van der Waals surface area contributed by atoms with E-state index < -0.39 is 0 Å². The zero-order valence-electron chi connectivity index (χ0n) is 9.43. The van der Waals surface area contributed by atoms with Gasteiger partial charge in [-0.2, -0.15) is 0 Å². The zero-order valence-corrected chi connectivity index (χ0v) is 10.3. The van der Waals surface area contributed by atoms with Crippen molar-refractivity contribution in [1.82, 2.24) is 9.97 Å². The van der Waals surface area contributed by atoms with Gasteiger partial charge in [-0.15, -0.1) is 12.4 Å². The molecule has 92 valence electrons. The Labute approximate surface area is 105 Å². The number of imidazole rings is 1. The van der Waals surface area contributed by atoms with E-state index in [1.165, 1.54) is 0 Å². The molecule has 0 saturated heterocycles. The summed E-state index contributed by atoms with van der Waals surface area (Å²) >= 11 is 0. The van der Waals surface area contributed by atoms with E-state index in [-0.39, 0.29) is 24.2 Å². The van der Waals surface area contributed by atoms with Gasteiger partial charge in [0.2, 0.25) is 11.9 Å². The van der Waals surface area contributed by atoms with Crippen LogP contribution in [-0.4, -0.2) is 22.4 Å². The topological polar surface area (TPSA) is 83.8 Å². The van der Waals surface area contributed by atoms with Gasteiger partial charge in [-0.3, -0.25) is 10.1 Å². The zero-order chi connectivity index (χ0) is 11.5. The number of carbonyl (C=O) groups excluding carboxylic acids is 1. The Bertz CT molecular complexity index is 478. The van der Waals surface area contributed by atoms with Crippen LogP contribution in [0.5, 0.6) is 0 Å². The van der Waals surface area contributed by atoms with Crippen molar-refractivity contribution in [2.24, 2.45) is 11.7 Å². The monoisotopic (exact) mass is 254 g/mol. The van der Waals surface area contributed by atoms with Gasteiger partial charge in [-0.25, -0.2) is 4.98 Å². The first-order chi connectivity index (χ1) is 7.70. The molecule has 0 spiro atoms. The Balaban J connectivity index is 0.00000144. The Kier molecular flexibility index (Phi) is 4.48. The standard InChI is InChI=1S/C11H14N4O.ClH/c1-7(6-12)10(16)15-11-13-8-4-2-3-5-9(8)14-11;/h2-5,7H,6,12H2,1H3,(H2,13,14,15,16);1H. The highest BCUT2D eigenvalue weighted by atomic mass is 35.5. The van der Waals surface area contributed by atoms with Gasteiger partial charge < -0.3 is 10.7 Å². The summed E-state index contributed by atoms with van der Waals surface area (Å²) < 4.78 is 0. The summed E-state index contributed by atoms with van der Waals surface area (Å²) in [6.45, 7) is 2.10. The van der Waals surface area contributed by atoms with E-state index >= 15 is 0 Å². The van der Waals surface area contributed by atoms with Crippen molar-refractivity contribution in [3.8, 4) is 0 Å². The second-order valence-corrected chi connectivity index (χ2v) is 3.73. The van der Waals surface area contributed by atoms with Gasteiger partial charge in [0.05, 0.1) is 11.0 Å². The van der Waals surface area contributed by atoms with Crippen LogP contribution in [0.2, 0.25) is 0 Å². The first-order valence-electron chi connectivity index (χ1n) is 5.16. The van der Waals surface area contributed by atoms with E-state index in [4.69, 9.17) is 5.73 Å². The van der Waals surface area contributed by atoms with Crippen molar-refractivity contribution in [3.63, 3.8) is 0 Å². The third-order valence-electron chi connectivity index (χ3n) is 2.43. The van der Waals surface area contributed by atoms with E-state index in [0.717, 1.165) is 11.0 Å². The van der Waals surface area contributed by atoms with Crippen LogP contribution >= 0.6 is 12.4 Å². The van der Waals surface area contributed by atoms with Crippen molar-refractivity contribution in [3.05, 3.63) is 24.3 Å². The minimum absolute atomic E-state index is 0. The molecule has 0 bridgehead atoms. The number of hydrogen-bond acceptors (Lipinski definition) is 3. The molecule has 1 aromatic heterocycles. The summed E-state index contributed by atoms with van der Waals surface area (Å²) in [5, 5.41) is 2.70. The fourth-order valence-electron chi connectivity index (χ4n) is 1.36. The average molecular weight is 255 g/mol. The van der Waals surface area contributed by atoms with Gasteiger partial charge in [-0.1, -0.05) is 19.1 Å². The Morgan fingerprint density at radius 2 is 2.24 bits per heavy atom. The van der Waals surface area contributed by atoms with Crippen molar-refractivity contribution in [1.29, 1.82) is 0 Å². The molecule has 1 atom stereocenters. The Morgan fingerprint density at radius 3 is 2.88 bits per heavy atom. The molecule has 2 aromatic rings. The number of rotatable bonds is 3. The molecule has 0 aliphatic carbocycles. The van der Waals surface area contributed by atoms with E-state index in [0.29, 0.717) is 12.5 Å². The molecule has 0 fully saturated rings. The summed E-state index contributed by atoms with van der Waals surface area (Å²) in [5.74, 6) is 0.126. The highest BCUT2D eigenvalue weighted by molar-refractivity contribution is 5.92. The first kappa shape index (κ1) is 13.5. The number of H-pyrrole nitrogens is 1. The van der Waals surface area contributed by atoms with Crippen LogP contribution in [-0.2, 0) is 4.79 Å². The van der Waals surface area contributed by atoms with Gasteiger partial charge in [-0.05, 0) is 12.1 Å². The highest BCUT2D eigenvalue weighted by Gasteiger charge is 2.12. The maximum absolute atomic E-state index is 11.6. The number of anilines is 1. The lowest BCUT2D eigenvalue weighted by atomic mass is 10.2. The predicted octanol–water partition coefficient (Wildman–Crippen LogP) is 1.52. The molecular formula is C11H15ClN4O. The predicted molar refractivity (Wildman–Crippen MR) is 70.2 cm³/mol. The number of aromatic amines is 1. The van der Waals surface area contributed by atoms with E-state index in [1.807, 2.05) is 24.3 Å². The summed E-state index contributed by atoms with van der Waals surface area (Å²) in [5.41, 5.74) is 7.14. The molecule has 6 heteroatoms. The first-order valence-corrected chi connectivity index (χ1v) is 5.16. The van der Waals surface area contributed by atoms with Gasteiger partial charge in [0.15, 0.2) is 0 Å². The van der Waals surface area contributed by atoms with Crippen LogP contribution in [0.1, 0.15) is 6.92 Å². The lowest BCUT2D eigenvalue weighted by Gasteiger charge is -2.06. The van der Waals surface area contributed by atoms with Crippen molar-refractivity contribution in [2.45, 2.75) is 6.92 Å². The molecule has 1 amide bonds. The maximum Gasteiger partial charge on any atom is 0.230 e. The number of nitrogens with zero attached hydrogens (tertiary/aromatic N) is 1. The largest absolute Gasteiger partial charge is 0.330 e. The number of para-hydroxylation sites is 2. The highest BCUT2D eigenvalue weighted by Crippen LogP contribution is 2.13. The molecule has 5 nitrogen and oxygen atoms in total. The second-order valence-electron chi connectivity index (χ2n) is 3.73. The van der Waals surface area contributed by atoms with Gasteiger partial charge in [0.25, 0.3) is 0 Å². The van der Waals surface area contributed by atoms with Crippen LogP contribution in [0.3, 0.4) is 0 Å². The molecule has 17 heavy (non-hydrogen) atoms. The fraction of sp³-hybridized carbons (Fsp3) is 0.273. The molecule has 1 heterocycles. The van der Waals surface area contributed by atoms with Crippen LogP contribution in [0.15, 0.2) is 24.3 Å². The van der Waals surface area contributed by atoms with Crippen molar-refractivity contribution >= 4 is 35.3 Å². The third-order valence-corrected chi connectivity index (χ3v) is 2.43. The van der Waals surface area contributed by atoms with Gasteiger partial charge in [0.1, 0.15) is 0 Å². The minimum atomic E-state index is -0.215. The molecular weight excluding hydrogens is 240 g/mol. The Hall–Kier alpha value is -1.59. The van der Waals surface area contributed by atoms with Gasteiger partial charge in [0, 0.05) is 12.5 Å².